The summed E-state index contributed by atoms with van der Waals surface area (Å²) in [5, 5.41) is 0. The summed E-state index contributed by atoms with van der Waals surface area (Å²) >= 11 is 0. The Kier molecular flexibility index (Phi) is 3.26. The molecule has 0 saturated carbocycles. The monoisotopic (exact) mass is 270 g/mol. The quantitative estimate of drug-likeness (QED) is 0.857. The number of aromatic nitrogens is 3. The van der Waals surface area contributed by atoms with E-state index in [1.54, 1.807) is 18.7 Å². The fourth-order valence-corrected chi connectivity index (χ4v) is 2.73. The van der Waals surface area contributed by atoms with Gasteiger partial charge in [-0.05, 0) is 23.6 Å². The average molecular weight is 270 g/mol. The molecule has 0 spiro atoms. The van der Waals surface area contributed by atoms with E-state index in [9.17, 15) is 4.79 Å². The van der Waals surface area contributed by atoms with Gasteiger partial charge in [-0.25, -0.2) is 4.98 Å². The molecule has 1 amide bonds. The van der Waals surface area contributed by atoms with Crippen LogP contribution in [0, 0.1) is 5.92 Å². The zero-order valence-corrected chi connectivity index (χ0v) is 11.7. The Morgan fingerprint density at radius 2 is 2.05 bits per heavy atom. The van der Waals surface area contributed by atoms with E-state index < -0.39 is 0 Å². The van der Waals surface area contributed by atoms with Gasteiger partial charge in [0.25, 0.3) is 0 Å². The zero-order chi connectivity index (χ0) is 14.1. The van der Waals surface area contributed by atoms with Gasteiger partial charge >= 0.3 is 0 Å². The van der Waals surface area contributed by atoms with Crippen molar-refractivity contribution in [1.82, 2.24) is 19.4 Å². The highest BCUT2D eigenvalue weighted by atomic mass is 16.2. The lowest BCUT2D eigenvalue weighted by Crippen LogP contribution is -2.43. The van der Waals surface area contributed by atoms with Gasteiger partial charge in [0.05, 0.1) is 18.6 Å². The Morgan fingerprint density at radius 1 is 1.30 bits per heavy atom. The van der Waals surface area contributed by atoms with Crippen molar-refractivity contribution < 1.29 is 4.79 Å². The summed E-state index contributed by atoms with van der Waals surface area (Å²) in [6, 6.07) is 3.75. The number of hydrogen-bond acceptors (Lipinski definition) is 3. The molecule has 3 rings (SSSR count). The molecule has 104 valence electrons. The van der Waals surface area contributed by atoms with Crippen molar-refractivity contribution >= 4 is 5.91 Å². The maximum Gasteiger partial charge on any atom is 0.246 e. The van der Waals surface area contributed by atoms with Crippen molar-refractivity contribution in [3.63, 3.8) is 0 Å². The third-order valence-electron chi connectivity index (χ3n) is 3.72. The van der Waals surface area contributed by atoms with E-state index in [1.807, 2.05) is 27.8 Å². The number of rotatable bonds is 3. The van der Waals surface area contributed by atoms with Crippen LogP contribution in [0.15, 0.2) is 37.1 Å². The molecule has 5 nitrogen and oxygen atoms in total. The molecular weight excluding hydrogens is 252 g/mol. The van der Waals surface area contributed by atoms with Gasteiger partial charge in [-0.1, -0.05) is 13.8 Å². The van der Waals surface area contributed by atoms with Crippen molar-refractivity contribution in [2.75, 3.05) is 0 Å². The number of pyridine rings is 1. The second kappa shape index (κ2) is 5.07. The average Bonchev–Trinajstić information content (AvgIpc) is 2.87. The summed E-state index contributed by atoms with van der Waals surface area (Å²) in [5.74, 6) is 0.415. The van der Waals surface area contributed by atoms with Crippen molar-refractivity contribution in [2.24, 2.45) is 5.92 Å². The number of fused-ring (bicyclic) bond motifs is 1. The molecule has 1 unspecified atom stereocenters. The van der Waals surface area contributed by atoms with E-state index in [2.05, 4.69) is 23.8 Å². The molecule has 0 fully saturated rings. The van der Waals surface area contributed by atoms with E-state index in [0.29, 0.717) is 13.1 Å². The van der Waals surface area contributed by atoms with Crippen molar-refractivity contribution in [2.45, 2.75) is 33.0 Å². The lowest BCUT2D eigenvalue weighted by atomic mass is 9.99. The van der Waals surface area contributed by atoms with Crippen LogP contribution < -0.4 is 0 Å². The molecule has 2 aromatic heterocycles. The lowest BCUT2D eigenvalue weighted by Gasteiger charge is -2.35. The van der Waals surface area contributed by atoms with E-state index in [4.69, 9.17) is 0 Å². The fraction of sp³-hybridized carbons (Fsp3) is 0.400. The van der Waals surface area contributed by atoms with Crippen LogP contribution in [-0.2, 0) is 17.9 Å². The third kappa shape index (κ3) is 2.19. The van der Waals surface area contributed by atoms with Crippen molar-refractivity contribution in [1.29, 1.82) is 0 Å². The minimum atomic E-state index is -0.150. The Bertz CT molecular complexity index is 605. The Morgan fingerprint density at radius 3 is 2.75 bits per heavy atom. The Balaban J connectivity index is 1.89. The topological polar surface area (TPSA) is 51.0 Å². The summed E-state index contributed by atoms with van der Waals surface area (Å²) in [5.41, 5.74) is 2.20. The van der Waals surface area contributed by atoms with Gasteiger partial charge in [-0.3, -0.25) is 9.78 Å². The first-order valence-electron chi connectivity index (χ1n) is 6.85. The van der Waals surface area contributed by atoms with Crippen LogP contribution in [0.4, 0.5) is 0 Å². The molecule has 1 aliphatic heterocycles. The van der Waals surface area contributed by atoms with Gasteiger partial charge in [0.1, 0.15) is 6.04 Å². The largest absolute Gasteiger partial charge is 0.331 e. The summed E-state index contributed by atoms with van der Waals surface area (Å²) in [7, 11) is 0. The van der Waals surface area contributed by atoms with Crippen LogP contribution in [0.1, 0.15) is 31.1 Å². The van der Waals surface area contributed by atoms with Crippen LogP contribution in [0.3, 0.4) is 0 Å². The molecule has 3 heterocycles. The summed E-state index contributed by atoms with van der Waals surface area (Å²) in [6.07, 6.45) is 7.13. The molecule has 0 N–H and O–H groups in total. The highest BCUT2D eigenvalue weighted by Gasteiger charge is 2.34. The Hall–Kier alpha value is -2.17. The van der Waals surface area contributed by atoms with E-state index in [0.717, 1.165) is 11.3 Å². The van der Waals surface area contributed by atoms with E-state index in [-0.39, 0.29) is 17.9 Å². The number of carbonyl (C=O) groups is 1. The molecule has 0 radical (unpaired) electrons. The molecule has 0 aliphatic carbocycles. The van der Waals surface area contributed by atoms with Crippen LogP contribution >= 0.6 is 0 Å². The standard InChI is InChI=1S/C15H18N4O/c1-11(2)14-15(20)18(8-12-3-5-16-6-4-12)9-13-7-17-10-19(13)14/h3-7,10-11,14H,8-9H2,1-2H3. The van der Waals surface area contributed by atoms with Crippen LogP contribution in [-0.4, -0.2) is 25.3 Å². The molecule has 2 aromatic rings. The lowest BCUT2D eigenvalue weighted by molar-refractivity contribution is -0.139. The molecule has 0 bridgehead atoms. The van der Waals surface area contributed by atoms with Gasteiger partial charge in [0.15, 0.2) is 0 Å². The van der Waals surface area contributed by atoms with Crippen LogP contribution in [0.25, 0.3) is 0 Å². The summed E-state index contributed by atoms with van der Waals surface area (Å²) < 4.78 is 2.01. The van der Waals surface area contributed by atoms with Gasteiger partial charge in [-0.15, -0.1) is 0 Å². The second-order valence-corrected chi connectivity index (χ2v) is 5.53. The molecular formula is C15H18N4O. The number of hydrogen-bond donors (Lipinski definition) is 0. The molecule has 0 aromatic carbocycles. The maximum atomic E-state index is 12.7. The van der Waals surface area contributed by atoms with Crippen LogP contribution in [0.5, 0.6) is 0 Å². The first-order chi connectivity index (χ1) is 9.66. The fourth-order valence-electron chi connectivity index (χ4n) is 2.73. The van der Waals surface area contributed by atoms with E-state index in [1.165, 1.54) is 0 Å². The minimum absolute atomic E-state index is 0.150. The van der Waals surface area contributed by atoms with Crippen LogP contribution in [0.2, 0.25) is 0 Å². The van der Waals surface area contributed by atoms with Crippen molar-refractivity contribution in [3.05, 3.63) is 48.3 Å². The van der Waals surface area contributed by atoms with E-state index >= 15 is 0 Å². The predicted octanol–water partition coefficient (Wildman–Crippen LogP) is 2.02. The number of amides is 1. The summed E-state index contributed by atoms with van der Waals surface area (Å²) in [4.78, 5) is 22.8. The highest BCUT2D eigenvalue weighted by Crippen LogP contribution is 2.28. The second-order valence-electron chi connectivity index (χ2n) is 5.53. The first-order valence-corrected chi connectivity index (χ1v) is 6.85. The molecule has 5 heteroatoms. The number of nitrogens with zero attached hydrogens (tertiary/aromatic N) is 4. The smallest absolute Gasteiger partial charge is 0.246 e. The molecule has 1 atom stereocenters. The summed E-state index contributed by atoms with van der Waals surface area (Å²) in [6.45, 7) is 5.38. The molecule has 1 aliphatic rings. The number of carbonyl (C=O) groups excluding carboxylic acids is 1. The number of imidazole rings is 1. The van der Waals surface area contributed by atoms with Gasteiger partial charge < -0.3 is 9.47 Å². The Labute approximate surface area is 118 Å². The van der Waals surface area contributed by atoms with Crippen molar-refractivity contribution in [3.8, 4) is 0 Å². The van der Waals surface area contributed by atoms with Gasteiger partial charge in [-0.2, -0.15) is 0 Å². The SMILES string of the molecule is CC(C)C1C(=O)N(Cc2ccncc2)Cc2cncn21. The minimum Gasteiger partial charge on any atom is -0.331 e. The first kappa shape index (κ1) is 12.8. The highest BCUT2D eigenvalue weighted by molar-refractivity contribution is 5.81. The van der Waals surface area contributed by atoms with Gasteiger partial charge in [0.2, 0.25) is 5.91 Å². The molecule has 20 heavy (non-hydrogen) atoms. The predicted molar refractivity (Wildman–Crippen MR) is 74.6 cm³/mol. The normalized spacial score (nSPS) is 18.4. The zero-order valence-electron chi connectivity index (χ0n) is 11.7. The molecule has 0 saturated heterocycles. The van der Waals surface area contributed by atoms with Gasteiger partial charge in [0, 0.05) is 25.1 Å². The third-order valence-corrected chi connectivity index (χ3v) is 3.72. The maximum absolute atomic E-state index is 12.7.